The van der Waals surface area contributed by atoms with Crippen molar-refractivity contribution in [1.29, 1.82) is 0 Å². The lowest BCUT2D eigenvalue weighted by molar-refractivity contribution is 0.282. The van der Waals surface area contributed by atoms with Gasteiger partial charge in [-0.25, -0.2) is 0 Å². The Morgan fingerprint density at radius 2 is 2.55 bits per heavy atom. The van der Waals surface area contributed by atoms with Crippen LogP contribution in [0.5, 0.6) is 0 Å². The highest BCUT2D eigenvalue weighted by Crippen LogP contribution is 2.08. The van der Waals surface area contributed by atoms with Gasteiger partial charge in [0.2, 0.25) is 0 Å². The molecule has 0 aromatic carbocycles. The van der Waals surface area contributed by atoms with Gasteiger partial charge in [0.05, 0.1) is 6.26 Å². The van der Waals surface area contributed by atoms with Gasteiger partial charge in [0.15, 0.2) is 0 Å². The number of ether oxygens (including phenoxy) is 1. The molecule has 58 valence electrons. The molecule has 0 fully saturated rings. The zero-order valence-electron chi connectivity index (χ0n) is 6.49. The molecule has 0 spiro atoms. The molecule has 0 aromatic heterocycles. The topological polar surface area (TPSA) is 9.23 Å². The molecule has 0 atom stereocenters. The number of hydrogen-bond donors (Lipinski definition) is 0. The van der Waals surface area contributed by atoms with E-state index in [1.807, 2.05) is 12.2 Å². The van der Waals surface area contributed by atoms with Crippen molar-refractivity contribution in [3.8, 4) is 0 Å². The molecule has 1 heteroatoms. The van der Waals surface area contributed by atoms with E-state index in [0.717, 1.165) is 6.42 Å². The molecule has 0 saturated heterocycles. The smallest absolute Gasteiger partial charge is 0.106 e. The van der Waals surface area contributed by atoms with Gasteiger partial charge in [-0.2, -0.15) is 0 Å². The molecule has 0 unspecified atom stereocenters. The highest BCUT2D eigenvalue weighted by Gasteiger charge is 1.93. The minimum absolute atomic E-state index is 0.703. The first-order valence-electron chi connectivity index (χ1n) is 3.68. The van der Waals surface area contributed by atoms with Crippen LogP contribution < -0.4 is 0 Å². The third kappa shape index (κ3) is 2.89. The Morgan fingerprint density at radius 1 is 1.64 bits per heavy atom. The van der Waals surface area contributed by atoms with E-state index in [1.54, 1.807) is 12.3 Å². The summed E-state index contributed by atoms with van der Waals surface area (Å²) in [6.07, 6.45) is 12.6. The first-order valence-corrected chi connectivity index (χ1v) is 3.68. The van der Waals surface area contributed by atoms with Crippen LogP contribution in [0.4, 0.5) is 0 Å². The summed E-state index contributed by atoms with van der Waals surface area (Å²) in [6, 6.07) is 0. The van der Waals surface area contributed by atoms with Crippen LogP contribution in [-0.4, -0.2) is 6.61 Å². The van der Waals surface area contributed by atoms with Crippen molar-refractivity contribution in [3.05, 3.63) is 48.8 Å². The third-order valence-corrected chi connectivity index (χ3v) is 1.38. The molecule has 0 saturated carbocycles. The fourth-order valence-corrected chi connectivity index (χ4v) is 0.866. The summed E-state index contributed by atoms with van der Waals surface area (Å²) in [5.41, 5.74) is 1.20. The van der Waals surface area contributed by atoms with Crippen molar-refractivity contribution >= 4 is 0 Å². The summed E-state index contributed by atoms with van der Waals surface area (Å²) in [7, 11) is 0. The maximum Gasteiger partial charge on any atom is 0.106 e. The molecule has 1 aliphatic heterocycles. The first kappa shape index (κ1) is 7.86. The van der Waals surface area contributed by atoms with Gasteiger partial charge in [0, 0.05) is 0 Å². The van der Waals surface area contributed by atoms with E-state index in [4.69, 9.17) is 4.74 Å². The summed E-state index contributed by atoms with van der Waals surface area (Å²) in [6.45, 7) is 4.29. The van der Waals surface area contributed by atoms with Gasteiger partial charge < -0.3 is 4.74 Å². The summed E-state index contributed by atoms with van der Waals surface area (Å²) in [5, 5.41) is 0. The molecule has 0 amide bonds. The Hall–Kier alpha value is -1.24. The van der Waals surface area contributed by atoms with E-state index >= 15 is 0 Å². The standard InChI is InChI=1S/C10H12O/c1-2-3-4-6-10-7-5-8-11-9-10/h2-5,7,9H,1,6,8H2. The van der Waals surface area contributed by atoms with Crippen molar-refractivity contribution in [2.45, 2.75) is 6.42 Å². The lowest BCUT2D eigenvalue weighted by atomic mass is 10.1. The van der Waals surface area contributed by atoms with Gasteiger partial charge in [-0.1, -0.05) is 30.9 Å². The van der Waals surface area contributed by atoms with Crippen LogP contribution in [0, 0.1) is 0 Å². The predicted molar refractivity (Wildman–Crippen MR) is 47.1 cm³/mol. The van der Waals surface area contributed by atoms with E-state index in [0.29, 0.717) is 6.61 Å². The summed E-state index contributed by atoms with van der Waals surface area (Å²) in [4.78, 5) is 0. The van der Waals surface area contributed by atoms with Gasteiger partial charge in [0.1, 0.15) is 6.61 Å². The van der Waals surface area contributed by atoms with Crippen LogP contribution in [-0.2, 0) is 4.74 Å². The monoisotopic (exact) mass is 148 g/mol. The Labute approximate surface area is 67.4 Å². The molecular weight excluding hydrogens is 136 g/mol. The molecule has 0 aromatic rings. The second-order valence-electron chi connectivity index (χ2n) is 2.30. The number of rotatable bonds is 3. The lowest BCUT2D eigenvalue weighted by Gasteiger charge is -2.04. The van der Waals surface area contributed by atoms with Crippen LogP contribution in [0.15, 0.2) is 48.8 Å². The van der Waals surface area contributed by atoms with E-state index in [9.17, 15) is 0 Å². The minimum atomic E-state index is 0.703. The summed E-state index contributed by atoms with van der Waals surface area (Å²) >= 11 is 0. The maximum absolute atomic E-state index is 5.10. The third-order valence-electron chi connectivity index (χ3n) is 1.38. The largest absolute Gasteiger partial charge is 0.497 e. The Balaban J connectivity index is 2.36. The molecular formula is C10H12O. The van der Waals surface area contributed by atoms with Crippen LogP contribution >= 0.6 is 0 Å². The Morgan fingerprint density at radius 3 is 3.18 bits per heavy atom. The number of hydrogen-bond acceptors (Lipinski definition) is 1. The van der Waals surface area contributed by atoms with Crippen molar-refractivity contribution < 1.29 is 4.74 Å². The summed E-state index contributed by atoms with van der Waals surface area (Å²) in [5.74, 6) is 0. The molecule has 11 heavy (non-hydrogen) atoms. The fourth-order valence-electron chi connectivity index (χ4n) is 0.866. The zero-order valence-corrected chi connectivity index (χ0v) is 6.49. The normalized spacial score (nSPS) is 16.2. The van der Waals surface area contributed by atoms with E-state index in [1.165, 1.54) is 5.57 Å². The summed E-state index contributed by atoms with van der Waals surface area (Å²) < 4.78 is 5.10. The molecule has 1 rings (SSSR count). The predicted octanol–water partition coefficient (Wildman–Crippen LogP) is 2.59. The van der Waals surface area contributed by atoms with Crippen molar-refractivity contribution in [2.24, 2.45) is 0 Å². The van der Waals surface area contributed by atoms with Gasteiger partial charge in [-0.15, -0.1) is 0 Å². The molecule has 1 heterocycles. The van der Waals surface area contributed by atoms with Crippen LogP contribution in [0.25, 0.3) is 0 Å². The van der Waals surface area contributed by atoms with Gasteiger partial charge in [0.25, 0.3) is 0 Å². The first-order chi connectivity index (χ1) is 5.43. The lowest BCUT2D eigenvalue weighted by Crippen LogP contribution is -1.90. The zero-order chi connectivity index (χ0) is 7.94. The quantitative estimate of drug-likeness (QED) is 0.559. The SMILES string of the molecule is C=CC=CCC1=COCC=C1. The molecule has 1 nitrogen and oxygen atoms in total. The average molecular weight is 148 g/mol. The molecule has 0 radical (unpaired) electrons. The van der Waals surface area contributed by atoms with Crippen LogP contribution in [0.2, 0.25) is 0 Å². The van der Waals surface area contributed by atoms with Gasteiger partial charge in [-0.05, 0) is 18.1 Å². The molecule has 1 aliphatic rings. The van der Waals surface area contributed by atoms with Gasteiger partial charge >= 0.3 is 0 Å². The van der Waals surface area contributed by atoms with Crippen molar-refractivity contribution in [3.63, 3.8) is 0 Å². The fraction of sp³-hybridized carbons (Fsp3) is 0.200. The number of allylic oxidation sites excluding steroid dienone is 5. The Bertz CT molecular complexity index is 209. The molecule has 0 N–H and O–H groups in total. The second-order valence-corrected chi connectivity index (χ2v) is 2.30. The average Bonchev–Trinajstić information content (AvgIpc) is 2.07. The maximum atomic E-state index is 5.10. The van der Waals surface area contributed by atoms with Gasteiger partial charge in [-0.3, -0.25) is 0 Å². The van der Waals surface area contributed by atoms with Crippen molar-refractivity contribution in [2.75, 3.05) is 6.61 Å². The van der Waals surface area contributed by atoms with Crippen molar-refractivity contribution in [1.82, 2.24) is 0 Å². The highest BCUT2D eigenvalue weighted by molar-refractivity contribution is 5.22. The molecule has 0 bridgehead atoms. The second kappa shape index (κ2) is 4.56. The van der Waals surface area contributed by atoms with Crippen LogP contribution in [0.1, 0.15) is 6.42 Å². The molecule has 0 aliphatic carbocycles. The minimum Gasteiger partial charge on any atom is -0.497 e. The van der Waals surface area contributed by atoms with E-state index in [2.05, 4.69) is 18.7 Å². The van der Waals surface area contributed by atoms with E-state index in [-0.39, 0.29) is 0 Å². The highest BCUT2D eigenvalue weighted by atomic mass is 16.5. The Kier molecular flexibility index (Phi) is 3.26. The van der Waals surface area contributed by atoms with E-state index < -0.39 is 0 Å². The van der Waals surface area contributed by atoms with Crippen LogP contribution in [0.3, 0.4) is 0 Å².